The molecule has 1 amide bonds. The smallest absolute Gasteiger partial charge is 0.399 e. The Morgan fingerprint density at radius 2 is 1.93 bits per heavy atom. The highest BCUT2D eigenvalue weighted by Gasteiger charge is 2.51. The van der Waals surface area contributed by atoms with Crippen LogP contribution in [0.2, 0.25) is 0 Å². The number of carbonyl (C=O) groups excluding carboxylic acids is 1. The molecule has 0 aliphatic carbocycles. The number of hydrogen-bond donors (Lipinski definition) is 2. The van der Waals surface area contributed by atoms with Crippen LogP contribution in [0.15, 0.2) is 24.3 Å². The third-order valence-corrected chi connectivity index (χ3v) is 5.86. The highest BCUT2D eigenvalue weighted by atomic mass is 16.7. The molecule has 2 saturated heterocycles. The van der Waals surface area contributed by atoms with E-state index in [-0.39, 0.29) is 17.1 Å². The lowest BCUT2D eigenvalue weighted by Gasteiger charge is -2.32. The van der Waals surface area contributed by atoms with E-state index < -0.39 is 19.3 Å². The third kappa shape index (κ3) is 5.17. The van der Waals surface area contributed by atoms with Crippen molar-refractivity contribution in [2.75, 3.05) is 19.7 Å². The number of benzene rings is 1. The summed E-state index contributed by atoms with van der Waals surface area (Å²) in [5.41, 5.74) is 1.11. The molecular formula is C21H30BN3O4. The molecule has 2 N–H and O–H groups in total. The van der Waals surface area contributed by atoms with Gasteiger partial charge in [-0.2, -0.15) is 5.26 Å². The Labute approximate surface area is 173 Å². The molecule has 0 radical (unpaired) electrons. The van der Waals surface area contributed by atoms with Crippen LogP contribution in [0.25, 0.3) is 0 Å². The van der Waals surface area contributed by atoms with Crippen LogP contribution in [0.3, 0.4) is 0 Å². The molecule has 2 aliphatic heterocycles. The van der Waals surface area contributed by atoms with Gasteiger partial charge in [0.2, 0.25) is 0 Å². The lowest BCUT2D eigenvalue weighted by molar-refractivity contribution is -0.132. The zero-order valence-electron chi connectivity index (χ0n) is 17.7. The quantitative estimate of drug-likeness (QED) is 0.716. The number of carbonyl (C=O) groups is 1. The molecule has 0 unspecified atom stereocenters. The number of hydrogen-bond acceptors (Lipinski definition) is 6. The van der Waals surface area contributed by atoms with Gasteiger partial charge < -0.3 is 24.7 Å². The fourth-order valence-corrected chi connectivity index (χ4v) is 3.30. The molecule has 3 rings (SSSR count). The van der Waals surface area contributed by atoms with Crippen molar-refractivity contribution >= 4 is 18.5 Å². The minimum atomic E-state index is -0.614. The van der Waals surface area contributed by atoms with Crippen molar-refractivity contribution in [3.05, 3.63) is 29.8 Å². The summed E-state index contributed by atoms with van der Waals surface area (Å²) in [6.45, 7) is 9.93. The third-order valence-electron chi connectivity index (χ3n) is 5.86. The molecule has 0 aromatic heterocycles. The van der Waals surface area contributed by atoms with Crippen LogP contribution in [-0.4, -0.2) is 56.1 Å². The lowest BCUT2D eigenvalue weighted by atomic mass is 9.78. The van der Waals surface area contributed by atoms with Crippen molar-refractivity contribution in [1.29, 1.82) is 5.26 Å². The second-order valence-corrected chi connectivity index (χ2v) is 8.64. The van der Waals surface area contributed by atoms with Crippen LogP contribution in [-0.2, 0) is 25.3 Å². The molecule has 1 aromatic rings. The van der Waals surface area contributed by atoms with Gasteiger partial charge in [0.15, 0.2) is 0 Å². The Balaban J connectivity index is 1.58. The number of nitrogens with zero attached hydrogens (tertiary/aromatic N) is 1. The minimum absolute atomic E-state index is 0.250. The summed E-state index contributed by atoms with van der Waals surface area (Å²) in [5.74, 6) is -0.250. The molecule has 2 heterocycles. The first-order valence-corrected chi connectivity index (χ1v) is 10.2. The molecule has 29 heavy (non-hydrogen) atoms. The Morgan fingerprint density at radius 1 is 1.28 bits per heavy atom. The Bertz CT molecular complexity index is 736. The molecular weight excluding hydrogens is 369 g/mol. The molecule has 8 heteroatoms. The molecule has 0 spiro atoms. The van der Waals surface area contributed by atoms with E-state index in [0.717, 1.165) is 24.0 Å². The molecule has 156 valence electrons. The van der Waals surface area contributed by atoms with Crippen LogP contribution in [0, 0.1) is 11.3 Å². The average Bonchev–Trinajstić information content (AvgIpc) is 2.87. The van der Waals surface area contributed by atoms with Gasteiger partial charge in [-0.25, -0.2) is 0 Å². The molecule has 0 bridgehead atoms. The van der Waals surface area contributed by atoms with Crippen LogP contribution in [0.4, 0.5) is 0 Å². The number of amides is 1. The van der Waals surface area contributed by atoms with Gasteiger partial charge in [-0.3, -0.25) is 4.79 Å². The Kier molecular flexibility index (Phi) is 6.64. The van der Waals surface area contributed by atoms with Gasteiger partial charge in [-0.05, 0) is 51.7 Å². The van der Waals surface area contributed by atoms with Gasteiger partial charge in [0.05, 0.1) is 17.3 Å². The van der Waals surface area contributed by atoms with Crippen LogP contribution >= 0.6 is 0 Å². The zero-order chi connectivity index (χ0) is 21.1. The van der Waals surface area contributed by atoms with Crippen molar-refractivity contribution in [2.24, 2.45) is 0 Å². The average molecular weight is 399 g/mol. The van der Waals surface area contributed by atoms with Crippen molar-refractivity contribution in [1.82, 2.24) is 10.6 Å². The molecule has 1 aromatic carbocycles. The van der Waals surface area contributed by atoms with Gasteiger partial charge in [-0.1, -0.05) is 24.3 Å². The fourth-order valence-electron chi connectivity index (χ4n) is 3.30. The number of ether oxygens (including phenoxy) is 1. The summed E-state index contributed by atoms with van der Waals surface area (Å²) >= 11 is 0. The van der Waals surface area contributed by atoms with Crippen LogP contribution in [0.1, 0.15) is 39.7 Å². The molecule has 2 fully saturated rings. The van der Waals surface area contributed by atoms with E-state index in [1.165, 1.54) is 0 Å². The Morgan fingerprint density at radius 3 is 2.55 bits per heavy atom. The molecule has 2 aliphatic rings. The fraction of sp³-hybridized carbons (Fsp3) is 0.619. The monoisotopic (exact) mass is 399 g/mol. The van der Waals surface area contributed by atoms with E-state index in [2.05, 4.69) is 16.7 Å². The number of nitrogens with one attached hydrogen (secondary N) is 2. The topological polar surface area (TPSA) is 92.6 Å². The van der Waals surface area contributed by atoms with E-state index in [1.807, 2.05) is 52.0 Å². The first kappa shape index (κ1) is 21.8. The molecule has 2 atom stereocenters. The maximum absolute atomic E-state index is 12.4. The van der Waals surface area contributed by atoms with Gasteiger partial charge in [0.25, 0.3) is 5.91 Å². The number of nitriles is 1. The Hall–Kier alpha value is -1.92. The minimum Gasteiger partial charge on any atom is -0.399 e. The van der Waals surface area contributed by atoms with Crippen molar-refractivity contribution in [3.63, 3.8) is 0 Å². The largest absolute Gasteiger partial charge is 0.494 e. The van der Waals surface area contributed by atoms with Gasteiger partial charge in [0.1, 0.15) is 12.1 Å². The van der Waals surface area contributed by atoms with E-state index in [9.17, 15) is 10.1 Å². The second-order valence-electron chi connectivity index (χ2n) is 8.64. The standard InChI is InChI=1S/C21H30BN3O4/c1-20(2)21(3,4)29-22(28-20)16-8-6-15(7-9-16)12-17(13-23)25-19(26)18-14-24-10-5-11-27-18/h6-9,17-18,24H,5,10-12,14H2,1-4H3,(H,25,26)/t17-,18-/m0/s1. The first-order chi connectivity index (χ1) is 13.7. The van der Waals surface area contributed by atoms with E-state index in [4.69, 9.17) is 14.0 Å². The van der Waals surface area contributed by atoms with Gasteiger partial charge >= 0.3 is 7.12 Å². The highest BCUT2D eigenvalue weighted by molar-refractivity contribution is 6.62. The summed E-state index contributed by atoms with van der Waals surface area (Å²) in [7, 11) is -0.416. The van der Waals surface area contributed by atoms with E-state index in [1.54, 1.807) is 0 Å². The number of rotatable bonds is 5. The summed E-state index contributed by atoms with van der Waals surface area (Å²) in [6.07, 6.45) is 0.742. The van der Waals surface area contributed by atoms with Crippen molar-refractivity contribution in [3.8, 4) is 6.07 Å². The van der Waals surface area contributed by atoms with E-state index >= 15 is 0 Å². The lowest BCUT2D eigenvalue weighted by Crippen LogP contribution is -2.46. The predicted molar refractivity (Wildman–Crippen MR) is 111 cm³/mol. The van der Waals surface area contributed by atoms with Crippen LogP contribution in [0.5, 0.6) is 0 Å². The zero-order valence-corrected chi connectivity index (χ0v) is 17.7. The summed E-state index contributed by atoms with van der Waals surface area (Å²) in [6, 6.07) is 9.35. The van der Waals surface area contributed by atoms with Crippen molar-refractivity contribution in [2.45, 2.75) is 63.9 Å². The van der Waals surface area contributed by atoms with E-state index in [0.29, 0.717) is 19.6 Å². The predicted octanol–water partition coefficient (Wildman–Crippen LogP) is 0.915. The second kappa shape index (κ2) is 8.84. The normalized spacial score (nSPS) is 24.4. The van der Waals surface area contributed by atoms with Gasteiger partial charge in [-0.15, -0.1) is 0 Å². The SMILES string of the molecule is CC1(C)OB(c2ccc(C[C@@H](C#N)NC(=O)[C@@H]3CNCCCO3)cc2)OC1(C)C. The van der Waals surface area contributed by atoms with Gasteiger partial charge in [0, 0.05) is 19.6 Å². The summed E-state index contributed by atoms with van der Waals surface area (Å²) < 4.78 is 17.7. The van der Waals surface area contributed by atoms with Crippen LogP contribution < -0.4 is 16.1 Å². The summed E-state index contributed by atoms with van der Waals surface area (Å²) in [5, 5.41) is 15.4. The molecule has 0 saturated carbocycles. The maximum atomic E-state index is 12.4. The molecule has 7 nitrogen and oxygen atoms in total. The highest BCUT2D eigenvalue weighted by Crippen LogP contribution is 2.36. The first-order valence-electron chi connectivity index (χ1n) is 10.2. The maximum Gasteiger partial charge on any atom is 0.494 e. The van der Waals surface area contributed by atoms with Crippen molar-refractivity contribution < 1.29 is 18.8 Å². The summed E-state index contributed by atoms with van der Waals surface area (Å²) in [4.78, 5) is 12.4.